The highest BCUT2D eigenvalue weighted by Crippen LogP contribution is 2.39. The van der Waals surface area contributed by atoms with Crippen molar-refractivity contribution >= 4 is 29.3 Å². The predicted molar refractivity (Wildman–Crippen MR) is 74.7 cm³/mol. The molecule has 102 valence electrons. The van der Waals surface area contributed by atoms with Gasteiger partial charge in [0.25, 0.3) is 0 Å². The van der Waals surface area contributed by atoms with E-state index in [4.69, 9.17) is 5.11 Å². The van der Waals surface area contributed by atoms with Gasteiger partial charge in [0.2, 0.25) is 5.91 Å². The molecule has 1 heterocycles. The molecule has 1 aliphatic rings. The van der Waals surface area contributed by atoms with Gasteiger partial charge in [-0.05, 0) is 35.4 Å². The van der Waals surface area contributed by atoms with Gasteiger partial charge in [0.1, 0.15) is 0 Å². The van der Waals surface area contributed by atoms with Gasteiger partial charge in [-0.3, -0.25) is 4.79 Å². The zero-order chi connectivity index (χ0) is 14.0. The number of hydrogen-bond acceptors (Lipinski definition) is 3. The molecule has 0 spiro atoms. The second-order valence-corrected chi connectivity index (χ2v) is 5.99. The van der Waals surface area contributed by atoms with Crippen molar-refractivity contribution < 1.29 is 14.7 Å². The van der Waals surface area contributed by atoms with E-state index in [1.54, 1.807) is 11.0 Å². The average Bonchev–Trinajstić information content (AvgIpc) is 2.90. The Morgan fingerprint density at radius 3 is 2.84 bits per heavy atom. The number of carboxylic acids is 1. The molecule has 1 aromatic rings. The third-order valence-electron chi connectivity index (χ3n) is 3.29. The number of carboxylic acid groups (broad SMARTS) is 1. The summed E-state index contributed by atoms with van der Waals surface area (Å²) in [7, 11) is 1.82. The molecular formula is C14H17NO3S. The molecule has 1 N–H and O–H groups in total. The average molecular weight is 279 g/mol. The Labute approximate surface area is 116 Å². The van der Waals surface area contributed by atoms with Crippen LogP contribution in [0, 0.1) is 11.8 Å². The summed E-state index contributed by atoms with van der Waals surface area (Å²) in [5.74, 6) is -0.0206. The largest absolute Gasteiger partial charge is 0.478 e. The quantitative estimate of drug-likeness (QED) is 0.842. The minimum absolute atomic E-state index is 0.204. The van der Waals surface area contributed by atoms with Crippen LogP contribution in [-0.2, 0) is 16.1 Å². The van der Waals surface area contributed by atoms with Crippen LogP contribution < -0.4 is 0 Å². The molecule has 1 fully saturated rings. The predicted octanol–water partition coefficient (Wildman–Crippen LogP) is 2.46. The van der Waals surface area contributed by atoms with E-state index in [9.17, 15) is 9.59 Å². The van der Waals surface area contributed by atoms with E-state index in [-0.39, 0.29) is 11.8 Å². The van der Waals surface area contributed by atoms with Crippen LogP contribution in [-0.4, -0.2) is 28.9 Å². The monoisotopic (exact) mass is 279 g/mol. The maximum Gasteiger partial charge on any atom is 0.328 e. The summed E-state index contributed by atoms with van der Waals surface area (Å²) >= 11 is 1.48. The van der Waals surface area contributed by atoms with E-state index in [0.717, 1.165) is 22.9 Å². The van der Waals surface area contributed by atoms with Crippen LogP contribution in [0.1, 0.15) is 23.8 Å². The molecule has 4 nitrogen and oxygen atoms in total. The van der Waals surface area contributed by atoms with Gasteiger partial charge in [-0.25, -0.2) is 4.79 Å². The van der Waals surface area contributed by atoms with E-state index in [1.165, 1.54) is 11.3 Å². The zero-order valence-corrected chi connectivity index (χ0v) is 11.8. The van der Waals surface area contributed by atoms with Gasteiger partial charge in [0.15, 0.2) is 0 Å². The van der Waals surface area contributed by atoms with Crippen molar-refractivity contribution in [2.24, 2.45) is 11.8 Å². The third-order valence-corrected chi connectivity index (χ3v) is 4.23. The smallest absolute Gasteiger partial charge is 0.328 e. The maximum atomic E-state index is 12.0. The summed E-state index contributed by atoms with van der Waals surface area (Å²) in [6.45, 7) is 2.68. The first-order valence-electron chi connectivity index (χ1n) is 6.20. The van der Waals surface area contributed by atoms with E-state index in [0.29, 0.717) is 12.5 Å². The van der Waals surface area contributed by atoms with Gasteiger partial charge < -0.3 is 10.0 Å². The number of amides is 1. The highest BCUT2D eigenvalue weighted by Gasteiger charge is 2.40. The summed E-state index contributed by atoms with van der Waals surface area (Å²) in [6.07, 6.45) is 3.69. The Morgan fingerprint density at radius 1 is 1.58 bits per heavy atom. The molecule has 1 amide bonds. The summed E-state index contributed by atoms with van der Waals surface area (Å²) in [6, 6.07) is 1.92. The van der Waals surface area contributed by atoms with Crippen molar-refractivity contribution in [1.82, 2.24) is 4.90 Å². The van der Waals surface area contributed by atoms with E-state index in [2.05, 4.69) is 6.92 Å². The Morgan fingerprint density at radius 2 is 2.26 bits per heavy atom. The number of carbonyl (C=O) groups is 2. The van der Waals surface area contributed by atoms with Gasteiger partial charge in [0, 0.05) is 30.5 Å². The van der Waals surface area contributed by atoms with Crippen LogP contribution in [0.15, 0.2) is 17.5 Å². The van der Waals surface area contributed by atoms with Crippen molar-refractivity contribution in [2.45, 2.75) is 19.9 Å². The zero-order valence-electron chi connectivity index (χ0n) is 11.0. The number of nitrogens with zero attached hydrogens (tertiary/aromatic N) is 1. The lowest BCUT2D eigenvalue weighted by Gasteiger charge is -2.16. The molecule has 0 radical (unpaired) electrons. The first-order valence-corrected chi connectivity index (χ1v) is 7.08. The van der Waals surface area contributed by atoms with Crippen LogP contribution in [0.5, 0.6) is 0 Å². The van der Waals surface area contributed by atoms with Gasteiger partial charge in [-0.15, -0.1) is 11.3 Å². The number of hydrogen-bond donors (Lipinski definition) is 1. The Kier molecular flexibility index (Phi) is 4.04. The summed E-state index contributed by atoms with van der Waals surface area (Å²) < 4.78 is 0. The van der Waals surface area contributed by atoms with Crippen LogP contribution in [0.3, 0.4) is 0 Å². The highest BCUT2D eigenvalue weighted by molar-refractivity contribution is 7.11. The van der Waals surface area contributed by atoms with Crippen LogP contribution in [0.2, 0.25) is 0 Å². The topological polar surface area (TPSA) is 57.6 Å². The fraction of sp³-hybridized carbons (Fsp3) is 0.429. The normalized spacial score (nSPS) is 21.6. The molecule has 2 rings (SSSR count). The first kappa shape index (κ1) is 13.8. The summed E-state index contributed by atoms with van der Waals surface area (Å²) in [5.41, 5.74) is 1.04. The van der Waals surface area contributed by atoms with Crippen LogP contribution in [0.25, 0.3) is 6.08 Å². The van der Waals surface area contributed by atoms with E-state index in [1.807, 2.05) is 18.5 Å². The fourth-order valence-electron chi connectivity index (χ4n) is 2.02. The second kappa shape index (κ2) is 5.57. The molecular weight excluding hydrogens is 262 g/mol. The van der Waals surface area contributed by atoms with Gasteiger partial charge >= 0.3 is 5.97 Å². The molecule has 0 aliphatic heterocycles. The molecule has 0 bridgehead atoms. The SMILES string of the molecule is CC1CC1C(=O)N(C)Cc1csc(/C=C/C(=O)O)c1. The number of aliphatic carboxylic acids is 1. The lowest BCUT2D eigenvalue weighted by Crippen LogP contribution is -2.27. The van der Waals surface area contributed by atoms with Gasteiger partial charge in [0.05, 0.1) is 0 Å². The minimum Gasteiger partial charge on any atom is -0.478 e. The Bertz CT molecular complexity index is 521. The number of rotatable bonds is 5. The third kappa shape index (κ3) is 3.67. The van der Waals surface area contributed by atoms with E-state index >= 15 is 0 Å². The highest BCUT2D eigenvalue weighted by atomic mass is 32.1. The van der Waals surface area contributed by atoms with Crippen molar-refractivity contribution in [3.05, 3.63) is 28.0 Å². The van der Waals surface area contributed by atoms with E-state index < -0.39 is 5.97 Å². The van der Waals surface area contributed by atoms with Crippen molar-refractivity contribution in [1.29, 1.82) is 0 Å². The Balaban J connectivity index is 1.92. The van der Waals surface area contributed by atoms with Crippen molar-refractivity contribution in [3.63, 3.8) is 0 Å². The number of carbonyl (C=O) groups excluding carboxylic acids is 1. The summed E-state index contributed by atoms with van der Waals surface area (Å²) in [4.78, 5) is 25.0. The molecule has 2 unspecified atom stereocenters. The molecule has 1 aromatic heterocycles. The molecule has 19 heavy (non-hydrogen) atoms. The molecule has 1 aliphatic carbocycles. The molecule has 0 aromatic carbocycles. The van der Waals surface area contributed by atoms with Gasteiger partial charge in [-0.1, -0.05) is 6.92 Å². The first-order chi connectivity index (χ1) is 8.97. The lowest BCUT2D eigenvalue weighted by atomic mass is 10.2. The minimum atomic E-state index is -0.954. The molecule has 2 atom stereocenters. The lowest BCUT2D eigenvalue weighted by molar-refractivity contribution is -0.132. The molecule has 1 saturated carbocycles. The molecule has 5 heteroatoms. The number of thiophene rings is 1. The Hall–Kier alpha value is -1.62. The van der Waals surface area contributed by atoms with Gasteiger partial charge in [-0.2, -0.15) is 0 Å². The summed E-state index contributed by atoms with van der Waals surface area (Å²) in [5, 5.41) is 10.5. The fourth-order valence-corrected chi connectivity index (χ4v) is 2.82. The van der Waals surface area contributed by atoms with Crippen molar-refractivity contribution in [2.75, 3.05) is 7.05 Å². The molecule has 0 saturated heterocycles. The second-order valence-electron chi connectivity index (χ2n) is 5.04. The van der Waals surface area contributed by atoms with Crippen molar-refractivity contribution in [3.8, 4) is 0 Å². The van der Waals surface area contributed by atoms with Crippen LogP contribution in [0.4, 0.5) is 0 Å². The standard InChI is InChI=1S/C14H17NO3S/c1-9-5-12(9)14(18)15(2)7-10-6-11(19-8-10)3-4-13(16)17/h3-4,6,8-9,12H,5,7H2,1-2H3,(H,16,17)/b4-3+. The van der Waals surface area contributed by atoms with Crippen LogP contribution >= 0.6 is 11.3 Å². The maximum absolute atomic E-state index is 12.0.